The summed E-state index contributed by atoms with van der Waals surface area (Å²) in [5.41, 5.74) is 0.159. The van der Waals surface area contributed by atoms with E-state index in [0.717, 1.165) is 12.8 Å². The van der Waals surface area contributed by atoms with Crippen LogP contribution in [0, 0.1) is 11.3 Å². The third-order valence-electron chi connectivity index (χ3n) is 4.73. The molecule has 0 aromatic rings. The smallest absolute Gasteiger partial charge is 0.311 e. The molecule has 0 aromatic heterocycles. The van der Waals surface area contributed by atoms with Gasteiger partial charge < -0.3 is 9.16 Å². The van der Waals surface area contributed by atoms with Crippen LogP contribution < -0.4 is 0 Å². The summed E-state index contributed by atoms with van der Waals surface area (Å²) in [6.07, 6.45) is 1.82. The van der Waals surface area contributed by atoms with Crippen LogP contribution in [0.4, 0.5) is 0 Å². The maximum Gasteiger partial charge on any atom is 0.311 e. The first kappa shape index (κ1) is 16.7. The molecular formula is C15H30O3Si. The Morgan fingerprint density at radius 3 is 2.16 bits per heavy atom. The van der Waals surface area contributed by atoms with Gasteiger partial charge in [-0.1, -0.05) is 34.6 Å². The van der Waals surface area contributed by atoms with Crippen LogP contribution in [0.1, 0.15) is 47.5 Å². The van der Waals surface area contributed by atoms with Crippen molar-refractivity contribution >= 4 is 14.3 Å². The van der Waals surface area contributed by atoms with Crippen molar-refractivity contribution in [2.24, 2.45) is 11.3 Å². The Morgan fingerprint density at radius 2 is 1.74 bits per heavy atom. The minimum atomic E-state index is -1.84. The number of ether oxygens (including phenoxy) is 1. The van der Waals surface area contributed by atoms with E-state index in [1.54, 1.807) is 0 Å². The summed E-state index contributed by atoms with van der Waals surface area (Å²) in [5, 5.41) is 0.167. The Kier molecular flexibility index (Phi) is 4.58. The fourth-order valence-corrected chi connectivity index (χ4v) is 3.92. The Morgan fingerprint density at radius 1 is 1.21 bits per heavy atom. The van der Waals surface area contributed by atoms with Gasteiger partial charge >= 0.3 is 5.97 Å². The Labute approximate surface area is 119 Å². The van der Waals surface area contributed by atoms with Crippen LogP contribution in [0.15, 0.2) is 0 Å². The molecule has 2 atom stereocenters. The van der Waals surface area contributed by atoms with Gasteiger partial charge in [-0.3, -0.25) is 4.79 Å². The lowest BCUT2D eigenvalue weighted by atomic mass is 9.91. The van der Waals surface area contributed by atoms with Gasteiger partial charge in [0.05, 0.1) is 19.1 Å². The molecule has 1 fully saturated rings. The van der Waals surface area contributed by atoms with Crippen LogP contribution in [-0.4, -0.2) is 27.5 Å². The van der Waals surface area contributed by atoms with Crippen molar-refractivity contribution in [1.29, 1.82) is 0 Å². The lowest BCUT2D eigenvalue weighted by Crippen LogP contribution is -2.45. The number of hydrogen-bond donors (Lipinski definition) is 0. The highest BCUT2D eigenvalue weighted by atomic mass is 28.4. The van der Waals surface area contributed by atoms with Gasteiger partial charge in [0.1, 0.15) is 0 Å². The van der Waals surface area contributed by atoms with Gasteiger partial charge in [0.15, 0.2) is 8.32 Å². The zero-order valence-electron chi connectivity index (χ0n) is 13.8. The summed E-state index contributed by atoms with van der Waals surface area (Å²) < 4.78 is 11.4. The second kappa shape index (κ2) is 5.21. The minimum Gasteiger partial charge on any atom is -0.469 e. The van der Waals surface area contributed by atoms with Crippen molar-refractivity contribution in [3.05, 3.63) is 0 Å². The number of esters is 1. The van der Waals surface area contributed by atoms with E-state index in [-0.39, 0.29) is 28.4 Å². The third-order valence-corrected chi connectivity index (χ3v) is 9.24. The number of hydrogen-bond acceptors (Lipinski definition) is 3. The molecule has 0 unspecified atom stereocenters. The number of carbonyl (C=O) groups excluding carboxylic acids is 1. The molecule has 1 aliphatic rings. The average Bonchev–Trinajstić information content (AvgIpc) is 2.50. The second-order valence-corrected chi connectivity index (χ2v) is 12.9. The molecule has 0 saturated heterocycles. The van der Waals surface area contributed by atoms with Gasteiger partial charge in [0.25, 0.3) is 0 Å². The van der Waals surface area contributed by atoms with Crippen LogP contribution in [0.3, 0.4) is 0 Å². The highest BCUT2D eigenvalue weighted by Crippen LogP contribution is 2.46. The van der Waals surface area contributed by atoms with Crippen LogP contribution in [0.25, 0.3) is 0 Å². The van der Waals surface area contributed by atoms with Gasteiger partial charge in [-0.2, -0.15) is 0 Å². The van der Waals surface area contributed by atoms with E-state index in [4.69, 9.17) is 9.16 Å². The third kappa shape index (κ3) is 3.82. The summed E-state index contributed by atoms with van der Waals surface area (Å²) in [4.78, 5) is 12.0. The highest BCUT2D eigenvalue weighted by Gasteiger charge is 2.48. The van der Waals surface area contributed by atoms with Gasteiger partial charge in [-0.05, 0) is 36.4 Å². The van der Waals surface area contributed by atoms with Crippen molar-refractivity contribution in [3.8, 4) is 0 Å². The van der Waals surface area contributed by atoms with Gasteiger partial charge in [0, 0.05) is 0 Å². The second-order valence-electron chi connectivity index (χ2n) is 8.12. The SMILES string of the molecule is COC(=O)[C@H]1CC(C)(C)C[C@@H]1O[Si](C)(C)C(C)(C)C. The molecule has 0 spiro atoms. The molecule has 3 nitrogen and oxygen atoms in total. The van der Waals surface area contributed by atoms with Crippen LogP contribution in [-0.2, 0) is 14.0 Å². The highest BCUT2D eigenvalue weighted by molar-refractivity contribution is 6.74. The fourth-order valence-electron chi connectivity index (χ4n) is 2.56. The molecule has 19 heavy (non-hydrogen) atoms. The topological polar surface area (TPSA) is 35.5 Å². The lowest BCUT2D eigenvalue weighted by molar-refractivity contribution is -0.148. The average molecular weight is 286 g/mol. The van der Waals surface area contributed by atoms with E-state index in [2.05, 4.69) is 47.7 Å². The molecule has 0 bridgehead atoms. The van der Waals surface area contributed by atoms with Crippen molar-refractivity contribution in [2.75, 3.05) is 7.11 Å². The summed E-state index contributed by atoms with van der Waals surface area (Å²) in [5.74, 6) is -0.219. The summed E-state index contributed by atoms with van der Waals surface area (Å²) >= 11 is 0. The molecule has 0 heterocycles. The predicted octanol–water partition coefficient (Wildman–Crippen LogP) is 3.99. The standard InChI is InChI=1S/C15H30O3Si/c1-14(2,3)19(7,8)18-12-10-15(4,5)9-11(12)13(16)17-6/h11-12H,9-10H2,1-8H3/t11-,12-/m0/s1. The van der Waals surface area contributed by atoms with Crippen LogP contribution >= 0.6 is 0 Å². The molecule has 0 aromatic carbocycles. The van der Waals surface area contributed by atoms with Crippen molar-refractivity contribution in [3.63, 3.8) is 0 Å². The molecule has 4 heteroatoms. The van der Waals surface area contributed by atoms with Crippen molar-refractivity contribution < 1.29 is 14.0 Å². The molecule has 1 saturated carbocycles. The zero-order chi connectivity index (χ0) is 15.1. The van der Waals surface area contributed by atoms with Crippen LogP contribution in [0.2, 0.25) is 18.1 Å². The van der Waals surface area contributed by atoms with Gasteiger partial charge in [-0.15, -0.1) is 0 Å². The maximum absolute atomic E-state index is 12.0. The zero-order valence-corrected chi connectivity index (χ0v) is 14.8. The number of carbonyl (C=O) groups is 1. The molecule has 112 valence electrons. The van der Waals surface area contributed by atoms with Crippen molar-refractivity contribution in [1.82, 2.24) is 0 Å². The minimum absolute atomic E-state index is 0.0170. The first-order chi connectivity index (χ1) is 8.39. The lowest BCUT2D eigenvalue weighted by Gasteiger charge is -2.39. The van der Waals surface area contributed by atoms with Crippen molar-refractivity contribution in [2.45, 2.75) is 71.7 Å². The largest absolute Gasteiger partial charge is 0.469 e. The van der Waals surface area contributed by atoms with Gasteiger partial charge in [0.2, 0.25) is 0 Å². The van der Waals surface area contributed by atoms with E-state index in [9.17, 15) is 4.79 Å². The number of rotatable bonds is 3. The normalized spacial score (nSPS) is 27.4. The molecule has 0 amide bonds. The van der Waals surface area contributed by atoms with E-state index in [1.807, 2.05) is 0 Å². The Balaban J connectivity index is 2.89. The molecule has 0 radical (unpaired) electrons. The molecule has 1 rings (SSSR count). The molecule has 0 aliphatic heterocycles. The van der Waals surface area contributed by atoms with E-state index in [1.165, 1.54) is 7.11 Å². The fraction of sp³-hybridized carbons (Fsp3) is 0.933. The number of methoxy groups -OCH3 is 1. The molecule has 1 aliphatic carbocycles. The monoisotopic (exact) mass is 286 g/mol. The summed E-state index contributed by atoms with van der Waals surface area (Å²) in [6.45, 7) is 15.6. The van der Waals surface area contributed by atoms with E-state index in [0.29, 0.717) is 0 Å². The van der Waals surface area contributed by atoms with E-state index >= 15 is 0 Å². The first-order valence-electron chi connectivity index (χ1n) is 7.15. The van der Waals surface area contributed by atoms with E-state index < -0.39 is 8.32 Å². The molecular weight excluding hydrogens is 256 g/mol. The quantitative estimate of drug-likeness (QED) is 0.581. The first-order valence-corrected chi connectivity index (χ1v) is 10.1. The predicted molar refractivity (Wildman–Crippen MR) is 80.6 cm³/mol. The van der Waals surface area contributed by atoms with Gasteiger partial charge in [-0.25, -0.2) is 0 Å². The van der Waals surface area contributed by atoms with Crippen LogP contribution in [0.5, 0.6) is 0 Å². The summed E-state index contributed by atoms with van der Waals surface area (Å²) in [7, 11) is -0.371. The molecule has 0 N–H and O–H groups in total. The maximum atomic E-state index is 12.0. The Hall–Kier alpha value is -0.353. The Bertz CT molecular complexity index is 342. The summed E-state index contributed by atoms with van der Waals surface area (Å²) in [6, 6.07) is 0.